The van der Waals surface area contributed by atoms with Crippen molar-refractivity contribution in [2.45, 2.75) is 45.7 Å². The van der Waals surface area contributed by atoms with Gasteiger partial charge in [-0.05, 0) is 88.7 Å². The van der Waals surface area contributed by atoms with E-state index < -0.39 is 12.0 Å². The highest BCUT2D eigenvalue weighted by atomic mass is 32.2. The molecule has 0 bridgehead atoms. The number of tetrazole rings is 1. The first kappa shape index (κ1) is 30.8. The number of hydrogen-bond acceptors (Lipinski definition) is 8. The van der Waals surface area contributed by atoms with Crippen LogP contribution >= 0.6 is 11.8 Å². The first-order valence-corrected chi connectivity index (χ1v) is 15.5. The number of aromatic nitrogens is 4. The molecule has 9 nitrogen and oxygen atoms in total. The summed E-state index contributed by atoms with van der Waals surface area (Å²) in [5, 5.41) is 15.5. The van der Waals surface area contributed by atoms with Gasteiger partial charge in [-0.15, -0.1) is 0 Å². The van der Waals surface area contributed by atoms with Crippen LogP contribution in [0.15, 0.2) is 72.8 Å². The van der Waals surface area contributed by atoms with E-state index in [1.807, 2.05) is 79.9 Å². The molecule has 1 amide bonds. The molecule has 4 rings (SSSR count). The van der Waals surface area contributed by atoms with Crippen LogP contribution in [0.25, 0.3) is 16.8 Å². The van der Waals surface area contributed by atoms with Gasteiger partial charge in [-0.1, -0.05) is 67.0 Å². The summed E-state index contributed by atoms with van der Waals surface area (Å²) in [7, 11) is 1.34. The number of carbonyl (C=O) groups excluding carboxylic acids is 2. The Bertz CT molecular complexity index is 1480. The summed E-state index contributed by atoms with van der Waals surface area (Å²) >= 11 is 1.61. The summed E-state index contributed by atoms with van der Waals surface area (Å²) in [5.41, 5.74) is 5.20. The van der Waals surface area contributed by atoms with Crippen LogP contribution in [0.1, 0.15) is 47.7 Å². The number of hydrogen-bond donors (Lipinski definition) is 1. The summed E-state index contributed by atoms with van der Waals surface area (Å²) in [6, 6.07) is 23.0. The second-order valence-electron chi connectivity index (χ2n) is 10.0. The minimum atomic E-state index is -0.722. The molecule has 1 atom stereocenters. The zero-order chi connectivity index (χ0) is 29.9. The van der Waals surface area contributed by atoms with Gasteiger partial charge in [-0.3, -0.25) is 4.79 Å². The van der Waals surface area contributed by atoms with Gasteiger partial charge in [-0.25, -0.2) is 4.79 Å². The third kappa shape index (κ3) is 7.55. The Hall–Kier alpha value is -4.18. The topological polar surface area (TPSA) is 102 Å². The number of thioether (sulfide) groups is 1. The lowest BCUT2D eigenvalue weighted by Crippen LogP contribution is -2.42. The minimum absolute atomic E-state index is 0.313. The van der Waals surface area contributed by atoms with Gasteiger partial charge >= 0.3 is 5.97 Å². The lowest BCUT2D eigenvalue weighted by Gasteiger charge is -2.24. The van der Waals surface area contributed by atoms with E-state index in [4.69, 9.17) is 4.74 Å². The Balaban J connectivity index is 1.71. The number of methoxy groups -OCH3 is 1. The molecule has 0 aliphatic heterocycles. The van der Waals surface area contributed by atoms with Crippen molar-refractivity contribution in [3.8, 4) is 16.8 Å². The fourth-order valence-corrected chi connectivity index (χ4v) is 5.25. The van der Waals surface area contributed by atoms with Gasteiger partial charge in [0.05, 0.1) is 12.8 Å². The van der Waals surface area contributed by atoms with Gasteiger partial charge in [0.25, 0.3) is 11.9 Å². The predicted molar refractivity (Wildman–Crippen MR) is 168 cm³/mol. The molecule has 0 saturated carbocycles. The van der Waals surface area contributed by atoms with Crippen molar-refractivity contribution < 1.29 is 14.3 Å². The molecule has 1 heterocycles. The number of anilines is 1. The van der Waals surface area contributed by atoms with Gasteiger partial charge in [0.2, 0.25) is 0 Å². The van der Waals surface area contributed by atoms with E-state index in [-0.39, 0.29) is 5.91 Å². The zero-order valence-electron chi connectivity index (χ0n) is 24.6. The smallest absolute Gasteiger partial charge is 0.328 e. The molecule has 0 aliphatic rings. The van der Waals surface area contributed by atoms with E-state index in [1.54, 1.807) is 16.4 Å². The van der Waals surface area contributed by atoms with Crippen LogP contribution < -0.4 is 10.2 Å². The molecule has 220 valence electrons. The number of rotatable bonds is 14. The van der Waals surface area contributed by atoms with Gasteiger partial charge in [-0.2, -0.15) is 16.4 Å². The van der Waals surface area contributed by atoms with E-state index in [9.17, 15) is 9.59 Å². The van der Waals surface area contributed by atoms with Crippen LogP contribution in [-0.4, -0.2) is 63.8 Å². The maximum absolute atomic E-state index is 13.6. The molecule has 0 aliphatic carbocycles. The largest absolute Gasteiger partial charge is 0.467 e. The molecule has 0 radical (unpaired) electrons. The maximum Gasteiger partial charge on any atom is 0.328 e. The molecule has 1 unspecified atom stereocenters. The van der Waals surface area contributed by atoms with Crippen LogP contribution in [0.3, 0.4) is 0 Å². The Kier molecular flexibility index (Phi) is 11.1. The van der Waals surface area contributed by atoms with Gasteiger partial charge < -0.3 is 15.0 Å². The molecule has 42 heavy (non-hydrogen) atoms. The first-order chi connectivity index (χ1) is 20.5. The molecule has 1 aromatic heterocycles. The van der Waals surface area contributed by atoms with Crippen LogP contribution in [-0.2, 0) is 16.1 Å². The molecular formula is C32H38N6O3S. The summed E-state index contributed by atoms with van der Waals surface area (Å²) < 4.78 is 6.72. The lowest BCUT2D eigenvalue weighted by atomic mass is 9.93. The van der Waals surface area contributed by atoms with Crippen molar-refractivity contribution in [1.29, 1.82) is 0 Å². The predicted octanol–water partition coefficient (Wildman–Crippen LogP) is 5.47. The second kappa shape index (κ2) is 15.2. The Morgan fingerprint density at radius 1 is 1.05 bits per heavy atom. The number of carbonyl (C=O) groups is 2. The third-order valence-electron chi connectivity index (χ3n) is 7.06. The molecule has 3 aromatic carbocycles. The molecular weight excluding hydrogens is 548 g/mol. The molecule has 4 aromatic rings. The second-order valence-corrected chi connectivity index (χ2v) is 11.0. The summed E-state index contributed by atoms with van der Waals surface area (Å²) in [6.45, 7) is 5.50. The average molecular weight is 587 g/mol. The summed E-state index contributed by atoms with van der Waals surface area (Å²) in [6.07, 6.45) is 4.44. The first-order valence-electron chi connectivity index (χ1n) is 14.1. The van der Waals surface area contributed by atoms with Crippen molar-refractivity contribution in [1.82, 2.24) is 25.5 Å². The number of esters is 1. The molecule has 1 N–H and O–H groups in total. The monoisotopic (exact) mass is 586 g/mol. The highest BCUT2D eigenvalue weighted by molar-refractivity contribution is 7.98. The van der Waals surface area contributed by atoms with E-state index in [2.05, 4.69) is 38.7 Å². The quantitative estimate of drug-likeness (QED) is 0.194. The van der Waals surface area contributed by atoms with Crippen molar-refractivity contribution in [3.05, 3.63) is 89.5 Å². The summed E-state index contributed by atoms with van der Waals surface area (Å²) in [4.78, 5) is 28.2. The summed E-state index contributed by atoms with van der Waals surface area (Å²) in [5.74, 6) is 0.615. The van der Waals surface area contributed by atoms with E-state index >= 15 is 0 Å². The van der Waals surface area contributed by atoms with Crippen molar-refractivity contribution >= 4 is 29.6 Å². The zero-order valence-corrected chi connectivity index (χ0v) is 25.4. The normalized spacial score (nSPS) is 11.6. The molecule has 0 spiro atoms. The number of amides is 1. The van der Waals surface area contributed by atoms with Crippen molar-refractivity contribution in [2.75, 3.05) is 30.6 Å². The maximum atomic E-state index is 13.6. The van der Waals surface area contributed by atoms with Crippen LogP contribution in [0.4, 0.5) is 5.95 Å². The fourth-order valence-electron chi connectivity index (χ4n) is 4.78. The Labute approximate surface area is 251 Å². The number of aryl methyl sites for hydroxylation is 1. The fraction of sp³-hybridized carbons (Fsp3) is 0.344. The lowest BCUT2D eigenvalue weighted by molar-refractivity contribution is -0.142. The molecule has 0 saturated heterocycles. The van der Waals surface area contributed by atoms with Gasteiger partial charge in [0, 0.05) is 18.7 Å². The number of para-hydroxylation sites is 1. The highest BCUT2D eigenvalue weighted by Crippen LogP contribution is 2.29. The third-order valence-corrected chi connectivity index (χ3v) is 7.70. The molecule has 0 fully saturated rings. The van der Waals surface area contributed by atoms with E-state index in [1.165, 1.54) is 7.11 Å². The minimum Gasteiger partial charge on any atom is -0.467 e. The SMILES string of the molecule is CCCCN(Cc1ccc(C(=O)NC(CCSC)C(=O)OC)c(-c2ccccc2C)c1)c1nnnn1-c1ccccc1. The Morgan fingerprint density at radius 3 is 2.52 bits per heavy atom. The number of ether oxygens (including phenoxy) is 1. The van der Waals surface area contributed by atoms with E-state index in [0.29, 0.717) is 24.5 Å². The standard InChI is InChI=1S/C32H38N6O3S/c1-5-6-19-37(32-34-35-36-38(32)25-13-8-7-9-14-25)22-24-16-17-27(28(21-24)26-15-11-10-12-23(26)2)30(39)33-29(18-20-42-4)31(40)41-3/h7-17,21,29H,5-6,18-20,22H2,1-4H3,(H,33,39). The van der Waals surface area contributed by atoms with Crippen molar-refractivity contribution in [3.63, 3.8) is 0 Å². The molecule has 10 heteroatoms. The number of nitrogens with one attached hydrogen (secondary N) is 1. The number of benzene rings is 3. The van der Waals surface area contributed by atoms with Crippen LogP contribution in [0, 0.1) is 6.92 Å². The highest BCUT2D eigenvalue weighted by Gasteiger charge is 2.24. The number of nitrogens with zero attached hydrogens (tertiary/aromatic N) is 5. The average Bonchev–Trinajstić information content (AvgIpc) is 3.51. The van der Waals surface area contributed by atoms with Crippen molar-refractivity contribution in [2.24, 2.45) is 0 Å². The Morgan fingerprint density at radius 2 is 1.81 bits per heavy atom. The van der Waals surface area contributed by atoms with Gasteiger partial charge in [0.15, 0.2) is 0 Å². The van der Waals surface area contributed by atoms with Crippen LogP contribution in [0.2, 0.25) is 0 Å². The van der Waals surface area contributed by atoms with Crippen LogP contribution in [0.5, 0.6) is 0 Å². The van der Waals surface area contributed by atoms with E-state index in [0.717, 1.165) is 53.1 Å². The van der Waals surface area contributed by atoms with Gasteiger partial charge in [0.1, 0.15) is 6.04 Å². The number of unbranched alkanes of at least 4 members (excludes halogenated alkanes) is 1.